The van der Waals surface area contributed by atoms with Crippen LogP contribution in [0.3, 0.4) is 0 Å². The average molecular weight is 433 g/mol. The van der Waals surface area contributed by atoms with Gasteiger partial charge < -0.3 is 10.2 Å². The Morgan fingerprint density at radius 1 is 1.14 bits per heavy atom. The van der Waals surface area contributed by atoms with E-state index in [0.29, 0.717) is 30.3 Å². The Morgan fingerprint density at radius 2 is 1.90 bits per heavy atom. The third kappa shape index (κ3) is 8.11. The van der Waals surface area contributed by atoms with E-state index in [1.54, 1.807) is 29.7 Å². The van der Waals surface area contributed by atoms with Crippen LogP contribution in [0.4, 0.5) is 0 Å². The molecule has 0 spiro atoms. The molecule has 2 rings (SSSR count). The van der Waals surface area contributed by atoms with Crippen molar-refractivity contribution in [3.63, 3.8) is 0 Å². The third-order valence-electron chi connectivity index (χ3n) is 4.57. The summed E-state index contributed by atoms with van der Waals surface area (Å²) in [7, 11) is 0. The first kappa shape index (κ1) is 23.3. The molecule has 0 unspecified atom stereocenters. The lowest BCUT2D eigenvalue weighted by molar-refractivity contribution is -0.140. The standard InChI is InChI=1S/C23H29ClN2O2S/c1-3-4-14-25-23(28)18(2)26(17-19-9-8-10-20(24)16-19)22(27)13-15-29-21-11-6-5-7-12-21/h5-12,16,18H,3-4,13-15,17H2,1-2H3,(H,25,28)/t18-/m1/s1. The molecule has 0 aromatic heterocycles. The van der Waals surface area contributed by atoms with Crippen LogP contribution in [0.25, 0.3) is 0 Å². The summed E-state index contributed by atoms with van der Waals surface area (Å²) in [4.78, 5) is 28.4. The molecule has 0 radical (unpaired) electrons. The monoisotopic (exact) mass is 432 g/mol. The Morgan fingerprint density at radius 3 is 2.59 bits per heavy atom. The first-order valence-corrected chi connectivity index (χ1v) is 11.4. The molecule has 0 saturated heterocycles. The molecule has 1 atom stereocenters. The summed E-state index contributed by atoms with van der Waals surface area (Å²) >= 11 is 7.74. The number of amides is 2. The number of hydrogen-bond acceptors (Lipinski definition) is 3. The van der Waals surface area contributed by atoms with Gasteiger partial charge in [0, 0.05) is 35.2 Å². The number of thioether (sulfide) groups is 1. The lowest BCUT2D eigenvalue weighted by Crippen LogP contribution is -2.47. The van der Waals surface area contributed by atoms with Crippen LogP contribution in [-0.4, -0.2) is 35.1 Å². The van der Waals surface area contributed by atoms with Gasteiger partial charge in [-0.3, -0.25) is 9.59 Å². The number of carbonyl (C=O) groups is 2. The summed E-state index contributed by atoms with van der Waals surface area (Å²) in [6, 6.07) is 16.9. The molecule has 0 aliphatic rings. The quantitative estimate of drug-likeness (QED) is 0.394. The molecule has 4 nitrogen and oxygen atoms in total. The Labute approximate surface area is 183 Å². The average Bonchev–Trinajstić information content (AvgIpc) is 2.72. The van der Waals surface area contributed by atoms with Gasteiger partial charge in [0.25, 0.3) is 0 Å². The van der Waals surface area contributed by atoms with Gasteiger partial charge in [-0.2, -0.15) is 0 Å². The van der Waals surface area contributed by atoms with E-state index in [1.807, 2.05) is 48.5 Å². The summed E-state index contributed by atoms with van der Waals surface area (Å²) in [6.07, 6.45) is 2.30. The van der Waals surface area contributed by atoms with E-state index >= 15 is 0 Å². The second kappa shape index (κ2) is 12.6. The number of rotatable bonds is 11. The molecule has 0 heterocycles. The minimum absolute atomic E-state index is 0.0356. The highest BCUT2D eigenvalue weighted by molar-refractivity contribution is 7.99. The van der Waals surface area contributed by atoms with Crippen molar-refractivity contribution in [2.45, 2.75) is 50.6 Å². The highest BCUT2D eigenvalue weighted by atomic mass is 35.5. The second-order valence-electron chi connectivity index (χ2n) is 6.88. The van der Waals surface area contributed by atoms with E-state index in [4.69, 9.17) is 11.6 Å². The van der Waals surface area contributed by atoms with Gasteiger partial charge in [-0.1, -0.05) is 55.3 Å². The molecule has 0 saturated carbocycles. The van der Waals surface area contributed by atoms with Gasteiger partial charge in [0.05, 0.1) is 0 Å². The minimum Gasteiger partial charge on any atom is -0.354 e. The Balaban J connectivity index is 2.03. The van der Waals surface area contributed by atoms with Gasteiger partial charge in [-0.05, 0) is 43.2 Å². The zero-order valence-electron chi connectivity index (χ0n) is 17.1. The molecule has 0 aliphatic heterocycles. The summed E-state index contributed by atoms with van der Waals surface area (Å²) in [5.41, 5.74) is 0.912. The molecule has 0 fully saturated rings. The molecule has 2 aromatic rings. The highest BCUT2D eigenvalue weighted by Gasteiger charge is 2.25. The first-order chi connectivity index (χ1) is 14.0. The van der Waals surface area contributed by atoms with E-state index in [-0.39, 0.29) is 11.8 Å². The van der Waals surface area contributed by atoms with Gasteiger partial charge in [-0.25, -0.2) is 0 Å². The van der Waals surface area contributed by atoms with Gasteiger partial charge >= 0.3 is 0 Å². The van der Waals surface area contributed by atoms with Crippen LogP contribution in [0.5, 0.6) is 0 Å². The predicted octanol–water partition coefficient (Wildman–Crippen LogP) is 5.16. The number of hydrogen-bond donors (Lipinski definition) is 1. The maximum atomic E-state index is 13.0. The van der Waals surface area contributed by atoms with E-state index in [1.165, 1.54) is 0 Å². The maximum Gasteiger partial charge on any atom is 0.242 e. The number of nitrogens with one attached hydrogen (secondary N) is 1. The Kier molecular flexibility index (Phi) is 10.1. The molecule has 0 bridgehead atoms. The van der Waals surface area contributed by atoms with Crippen LogP contribution in [0.15, 0.2) is 59.5 Å². The lowest BCUT2D eigenvalue weighted by Gasteiger charge is -2.29. The van der Waals surface area contributed by atoms with Crippen molar-refractivity contribution in [2.75, 3.05) is 12.3 Å². The molecule has 0 aliphatic carbocycles. The topological polar surface area (TPSA) is 49.4 Å². The van der Waals surface area contributed by atoms with Crippen LogP contribution in [0.2, 0.25) is 5.02 Å². The summed E-state index contributed by atoms with van der Waals surface area (Å²) in [5, 5.41) is 3.55. The van der Waals surface area contributed by atoms with Crippen molar-refractivity contribution in [3.8, 4) is 0 Å². The predicted molar refractivity (Wildman–Crippen MR) is 121 cm³/mol. The molecule has 6 heteroatoms. The molecule has 1 N–H and O–H groups in total. The number of benzene rings is 2. The summed E-state index contributed by atoms with van der Waals surface area (Å²) in [6.45, 7) is 4.85. The van der Waals surface area contributed by atoms with E-state index in [0.717, 1.165) is 23.3 Å². The zero-order chi connectivity index (χ0) is 21.1. The van der Waals surface area contributed by atoms with E-state index in [2.05, 4.69) is 12.2 Å². The van der Waals surface area contributed by atoms with Gasteiger partial charge in [0.2, 0.25) is 11.8 Å². The molecule has 29 heavy (non-hydrogen) atoms. The van der Waals surface area contributed by atoms with Crippen molar-refractivity contribution in [3.05, 3.63) is 65.2 Å². The number of nitrogens with zero attached hydrogens (tertiary/aromatic N) is 1. The SMILES string of the molecule is CCCCNC(=O)[C@@H](C)N(Cc1cccc(Cl)c1)C(=O)CCSc1ccccc1. The normalized spacial score (nSPS) is 11.7. The molecular formula is C23H29ClN2O2S. The smallest absolute Gasteiger partial charge is 0.242 e. The maximum absolute atomic E-state index is 13.0. The van der Waals surface area contributed by atoms with E-state index in [9.17, 15) is 9.59 Å². The van der Waals surface area contributed by atoms with Crippen molar-refractivity contribution < 1.29 is 9.59 Å². The fourth-order valence-corrected chi connectivity index (χ4v) is 3.94. The number of carbonyl (C=O) groups excluding carboxylic acids is 2. The molecule has 2 amide bonds. The van der Waals surface area contributed by atoms with Gasteiger partial charge in [-0.15, -0.1) is 11.8 Å². The van der Waals surface area contributed by atoms with Crippen molar-refractivity contribution >= 4 is 35.2 Å². The van der Waals surface area contributed by atoms with E-state index < -0.39 is 6.04 Å². The fourth-order valence-electron chi connectivity index (χ4n) is 2.87. The third-order valence-corrected chi connectivity index (χ3v) is 5.82. The molecular weight excluding hydrogens is 404 g/mol. The van der Waals surface area contributed by atoms with Crippen LogP contribution in [0.1, 0.15) is 38.7 Å². The van der Waals surface area contributed by atoms with Gasteiger partial charge in [0.1, 0.15) is 6.04 Å². The van der Waals surface area contributed by atoms with Crippen LogP contribution in [-0.2, 0) is 16.1 Å². The van der Waals surface area contributed by atoms with Gasteiger partial charge in [0.15, 0.2) is 0 Å². The Hall–Kier alpha value is -1.98. The summed E-state index contributed by atoms with van der Waals surface area (Å²) < 4.78 is 0. The second-order valence-corrected chi connectivity index (χ2v) is 8.49. The van der Waals surface area contributed by atoms with Crippen molar-refractivity contribution in [1.29, 1.82) is 0 Å². The minimum atomic E-state index is -0.542. The largest absolute Gasteiger partial charge is 0.354 e. The molecule has 2 aromatic carbocycles. The number of unbranched alkanes of at least 4 members (excludes halogenated alkanes) is 1. The van der Waals surface area contributed by atoms with Crippen LogP contribution < -0.4 is 5.32 Å². The fraction of sp³-hybridized carbons (Fsp3) is 0.391. The highest BCUT2D eigenvalue weighted by Crippen LogP contribution is 2.20. The van der Waals surface area contributed by atoms with Crippen LogP contribution >= 0.6 is 23.4 Å². The first-order valence-electron chi connectivity index (χ1n) is 10.0. The van der Waals surface area contributed by atoms with Crippen molar-refractivity contribution in [2.24, 2.45) is 0 Å². The van der Waals surface area contributed by atoms with Crippen molar-refractivity contribution in [1.82, 2.24) is 10.2 Å². The zero-order valence-corrected chi connectivity index (χ0v) is 18.6. The molecule has 156 valence electrons. The lowest BCUT2D eigenvalue weighted by atomic mass is 10.1. The summed E-state index contributed by atoms with van der Waals surface area (Å²) in [5.74, 6) is 0.509. The Bertz CT molecular complexity index is 785. The van der Waals surface area contributed by atoms with Crippen LogP contribution in [0, 0.1) is 0 Å². The number of halogens is 1.